The molecule has 1 nitrogen and oxygen atoms in total. The van der Waals surface area contributed by atoms with Crippen molar-refractivity contribution >= 4 is 15.9 Å². The van der Waals surface area contributed by atoms with E-state index in [1.165, 1.54) is 38.5 Å². The number of aliphatic hydroxyl groups is 1. The van der Waals surface area contributed by atoms with E-state index >= 15 is 0 Å². The maximum absolute atomic E-state index is 9.30. The summed E-state index contributed by atoms with van der Waals surface area (Å²) in [6, 6.07) is 0. The topological polar surface area (TPSA) is 20.2 Å². The van der Waals surface area contributed by atoms with E-state index in [-0.39, 0.29) is 0 Å². The van der Waals surface area contributed by atoms with Crippen LogP contribution >= 0.6 is 15.9 Å². The Bertz CT molecular complexity index is 171. The third kappa shape index (κ3) is 1.94. The number of rotatable bonds is 1. The van der Waals surface area contributed by atoms with Crippen molar-refractivity contribution < 1.29 is 5.11 Å². The van der Waals surface area contributed by atoms with Gasteiger partial charge in [0, 0.05) is 11.4 Å². The van der Waals surface area contributed by atoms with Crippen LogP contribution in [0.15, 0.2) is 0 Å². The minimum Gasteiger partial charge on any atom is -0.396 e. The van der Waals surface area contributed by atoms with Crippen LogP contribution in [0, 0.1) is 17.8 Å². The Kier molecular flexibility index (Phi) is 3.31. The Morgan fingerprint density at radius 3 is 2.46 bits per heavy atom. The standard InChI is InChI=1S/C11H19BrO/c12-11-6-2-4-9-8(7-13)3-1-5-10(9)11/h8-11,13H,1-7H2. The minimum atomic E-state index is 0.418. The maximum Gasteiger partial charge on any atom is 0.0462 e. The molecule has 2 heteroatoms. The van der Waals surface area contributed by atoms with Crippen LogP contribution in [0.3, 0.4) is 0 Å². The molecule has 0 aromatic carbocycles. The van der Waals surface area contributed by atoms with E-state index in [4.69, 9.17) is 0 Å². The van der Waals surface area contributed by atoms with Crippen LogP contribution < -0.4 is 0 Å². The molecule has 0 spiro atoms. The van der Waals surface area contributed by atoms with Crippen molar-refractivity contribution in [2.75, 3.05) is 6.61 Å². The summed E-state index contributed by atoms with van der Waals surface area (Å²) in [7, 11) is 0. The van der Waals surface area contributed by atoms with E-state index in [1.54, 1.807) is 0 Å². The molecule has 0 heterocycles. The second-order valence-corrected chi connectivity index (χ2v) is 5.82. The van der Waals surface area contributed by atoms with Crippen LogP contribution in [0.2, 0.25) is 0 Å². The van der Waals surface area contributed by atoms with Gasteiger partial charge in [0.25, 0.3) is 0 Å². The van der Waals surface area contributed by atoms with Crippen LogP contribution in [0.25, 0.3) is 0 Å². The lowest BCUT2D eigenvalue weighted by Gasteiger charge is -2.43. The predicted molar refractivity (Wildman–Crippen MR) is 58.0 cm³/mol. The van der Waals surface area contributed by atoms with Crippen molar-refractivity contribution in [1.82, 2.24) is 0 Å². The van der Waals surface area contributed by atoms with Crippen LogP contribution in [0.4, 0.5) is 0 Å². The Morgan fingerprint density at radius 1 is 1.00 bits per heavy atom. The van der Waals surface area contributed by atoms with Crippen molar-refractivity contribution in [3.05, 3.63) is 0 Å². The molecule has 1 N–H and O–H groups in total. The first-order valence-electron chi connectivity index (χ1n) is 5.58. The number of fused-ring (bicyclic) bond motifs is 1. The van der Waals surface area contributed by atoms with E-state index in [0.29, 0.717) is 12.5 Å². The van der Waals surface area contributed by atoms with E-state index in [2.05, 4.69) is 15.9 Å². The minimum absolute atomic E-state index is 0.418. The van der Waals surface area contributed by atoms with Gasteiger partial charge >= 0.3 is 0 Å². The average molecular weight is 247 g/mol. The molecule has 2 saturated carbocycles. The van der Waals surface area contributed by atoms with Crippen molar-refractivity contribution in [2.45, 2.75) is 43.4 Å². The number of aliphatic hydroxyl groups excluding tert-OH is 1. The van der Waals surface area contributed by atoms with Gasteiger partial charge in [-0.25, -0.2) is 0 Å². The van der Waals surface area contributed by atoms with Gasteiger partial charge in [-0.15, -0.1) is 0 Å². The Morgan fingerprint density at radius 2 is 1.69 bits per heavy atom. The van der Waals surface area contributed by atoms with Gasteiger partial charge in [-0.1, -0.05) is 28.8 Å². The molecule has 2 aliphatic rings. The highest BCUT2D eigenvalue weighted by atomic mass is 79.9. The van der Waals surface area contributed by atoms with Crippen LogP contribution in [-0.2, 0) is 0 Å². The highest BCUT2D eigenvalue weighted by Crippen LogP contribution is 2.45. The van der Waals surface area contributed by atoms with Crippen molar-refractivity contribution in [3.8, 4) is 0 Å². The van der Waals surface area contributed by atoms with E-state index in [0.717, 1.165) is 16.7 Å². The van der Waals surface area contributed by atoms with Crippen molar-refractivity contribution in [1.29, 1.82) is 0 Å². The maximum atomic E-state index is 9.30. The summed E-state index contributed by atoms with van der Waals surface area (Å²) in [6.07, 6.45) is 8.04. The highest BCUT2D eigenvalue weighted by Gasteiger charge is 2.38. The summed E-state index contributed by atoms with van der Waals surface area (Å²) in [4.78, 5) is 0.737. The van der Waals surface area contributed by atoms with Gasteiger partial charge in [0.15, 0.2) is 0 Å². The van der Waals surface area contributed by atoms with Crippen LogP contribution in [-0.4, -0.2) is 16.5 Å². The van der Waals surface area contributed by atoms with Gasteiger partial charge in [0.2, 0.25) is 0 Å². The van der Waals surface area contributed by atoms with E-state index in [9.17, 15) is 5.11 Å². The third-order valence-corrected chi connectivity index (χ3v) is 5.12. The van der Waals surface area contributed by atoms with Gasteiger partial charge in [0.1, 0.15) is 0 Å². The monoisotopic (exact) mass is 246 g/mol. The molecule has 0 bridgehead atoms. The van der Waals surface area contributed by atoms with Gasteiger partial charge in [-0.2, -0.15) is 0 Å². The average Bonchev–Trinajstić information content (AvgIpc) is 2.18. The Hall–Kier alpha value is 0.440. The molecular weight excluding hydrogens is 228 g/mol. The van der Waals surface area contributed by atoms with Crippen molar-refractivity contribution in [3.63, 3.8) is 0 Å². The Labute approximate surface area is 89.0 Å². The normalized spacial score (nSPS) is 45.7. The van der Waals surface area contributed by atoms with Crippen LogP contribution in [0.1, 0.15) is 38.5 Å². The highest BCUT2D eigenvalue weighted by molar-refractivity contribution is 9.09. The molecule has 13 heavy (non-hydrogen) atoms. The lowest BCUT2D eigenvalue weighted by atomic mass is 9.66. The first-order valence-corrected chi connectivity index (χ1v) is 6.49. The molecule has 4 unspecified atom stereocenters. The molecule has 2 rings (SSSR count). The second-order valence-electron chi connectivity index (χ2n) is 4.65. The predicted octanol–water partition coefficient (Wildman–Crippen LogP) is 2.96. The second kappa shape index (κ2) is 4.31. The van der Waals surface area contributed by atoms with E-state index in [1.807, 2.05) is 0 Å². The summed E-state index contributed by atoms with van der Waals surface area (Å²) in [5.74, 6) is 2.29. The van der Waals surface area contributed by atoms with Gasteiger partial charge in [0.05, 0.1) is 0 Å². The zero-order chi connectivity index (χ0) is 9.26. The fourth-order valence-electron chi connectivity index (χ4n) is 3.28. The molecule has 0 saturated heterocycles. The zero-order valence-electron chi connectivity index (χ0n) is 8.08. The number of alkyl halides is 1. The van der Waals surface area contributed by atoms with Crippen molar-refractivity contribution in [2.24, 2.45) is 17.8 Å². The summed E-state index contributed by atoms with van der Waals surface area (Å²) < 4.78 is 0. The SMILES string of the molecule is OCC1CCCC2C(Br)CCCC12. The molecule has 0 aliphatic heterocycles. The zero-order valence-corrected chi connectivity index (χ0v) is 9.67. The summed E-state index contributed by atoms with van der Waals surface area (Å²) >= 11 is 3.81. The third-order valence-electron chi connectivity index (χ3n) is 3.98. The fraction of sp³-hybridized carbons (Fsp3) is 1.00. The van der Waals surface area contributed by atoms with Gasteiger partial charge in [-0.05, 0) is 43.4 Å². The quantitative estimate of drug-likeness (QED) is 0.706. The number of halogens is 1. The lowest BCUT2D eigenvalue weighted by Crippen LogP contribution is -2.38. The first-order chi connectivity index (χ1) is 6.33. The smallest absolute Gasteiger partial charge is 0.0462 e. The van der Waals surface area contributed by atoms with Crippen LogP contribution in [0.5, 0.6) is 0 Å². The molecule has 0 amide bonds. The molecule has 0 radical (unpaired) electrons. The summed E-state index contributed by atoms with van der Waals surface area (Å²) in [5.41, 5.74) is 0. The Balaban J connectivity index is 2.05. The van der Waals surface area contributed by atoms with Gasteiger partial charge < -0.3 is 5.11 Å². The molecule has 4 atom stereocenters. The molecule has 76 valence electrons. The summed E-state index contributed by atoms with van der Waals surface area (Å²) in [5, 5.41) is 9.30. The molecule has 0 aromatic heterocycles. The lowest BCUT2D eigenvalue weighted by molar-refractivity contribution is 0.0650. The molecule has 2 aliphatic carbocycles. The molecule has 0 aromatic rings. The van der Waals surface area contributed by atoms with Gasteiger partial charge in [-0.3, -0.25) is 0 Å². The number of hydrogen-bond acceptors (Lipinski definition) is 1. The fourth-order valence-corrected chi connectivity index (χ4v) is 4.26. The first kappa shape index (κ1) is 9.97. The largest absolute Gasteiger partial charge is 0.396 e. The molecular formula is C11H19BrO. The number of hydrogen-bond donors (Lipinski definition) is 1. The summed E-state index contributed by atoms with van der Waals surface area (Å²) in [6.45, 7) is 0.418. The molecule has 2 fully saturated rings. The van der Waals surface area contributed by atoms with E-state index < -0.39 is 0 Å².